The second-order valence-electron chi connectivity index (χ2n) is 5.40. The van der Waals surface area contributed by atoms with Crippen LogP contribution < -0.4 is 5.73 Å². The highest BCUT2D eigenvalue weighted by molar-refractivity contribution is 5.82. The monoisotopic (exact) mass is 267 g/mol. The van der Waals surface area contributed by atoms with Gasteiger partial charge in [-0.1, -0.05) is 61.5 Å². The van der Waals surface area contributed by atoms with Gasteiger partial charge in [-0.25, -0.2) is 0 Å². The Hall–Kier alpha value is -2.09. The van der Waals surface area contributed by atoms with Crippen LogP contribution >= 0.6 is 0 Å². The first-order chi connectivity index (χ1) is 9.59. The van der Waals surface area contributed by atoms with Crippen LogP contribution in [-0.4, -0.2) is 5.91 Å². The number of benzene rings is 2. The van der Waals surface area contributed by atoms with Gasteiger partial charge in [-0.3, -0.25) is 4.79 Å². The summed E-state index contributed by atoms with van der Waals surface area (Å²) in [6, 6.07) is 18.2. The first-order valence-electron chi connectivity index (χ1n) is 6.98. The molecule has 104 valence electrons. The van der Waals surface area contributed by atoms with Crippen LogP contribution in [0.25, 0.3) is 0 Å². The molecule has 2 N–H and O–H groups in total. The van der Waals surface area contributed by atoms with Gasteiger partial charge in [0.2, 0.25) is 5.91 Å². The minimum Gasteiger partial charge on any atom is -0.369 e. The molecule has 0 aliphatic carbocycles. The maximum Gasteiger partial charge on any atom is 0.225 e. The first kappa shape index (κ1) is 14.3. The zero-order valence-corrected chi connectivity index (χ0v) is 12.0. The van der Waals surface area contributed by atoms with E-state index in [9.17, 15) is 4.79 Å². The number of hydrogen-bond donors (Lipinski definition) is 1. The van der Waals surface area contributed by atoms with Crippen molar-refractivity contribution in [3.8, 4) is 0 Å². The van der Waals surface area contributed by atoms with Gasteiger partial charge in [0.25, 0.3) is 0 Å². The summed E-state index contributed by atoms with van der Waals surface area (Å²) in [7, 11) is 0. The molecule has 2 aromatic rings. The molecule has 2 unspecified atom stereocenters. The molecule has 0 spiro atoms. The molecule has 0 aromatic heterocycles. The van der Waals surface area contributed by atoms with Gasteiger partial charge in [0.15, 0.2) is 0 Å². The number of rotatable bonds is 5. The molecule has 2 rings (SSSR count). The Morgan fingerprint density at radius 2 is 1.65 bits per heavy atom. The van der Waals surface area contributed by atoms with E-state index in [-0.39, 0.29) is 17.7 Å². The third-order valence-corrected chi connectivity index (χ3v) is 3.80. The van der Waals surface area contributed by atoms with Crippen LogP contribution in [0.2, 0.25) is 0 Å². The minimum atomic E-state index is -0.247. The van der Waals surface area contributed by atoms with Crippen molar-refractivity contribution >= 4 is 5.91 Å². The average Bonchev–Trinajstić information content (AvgIpc) is 2.42. The van der Waals surface area contributed by atoms with Crippen molar-refractivity contribution in [3.63, 3.8) is 0 Å². The number of hydrogen-bond acceptors (Lipinski definition) is 1. The molecule has 0 saturated carbocycles. The summed E-state index contributed by atoms with van der Waals surface area (Å²) < 4.78 is 0. The van der Waals surface area contributed by atoms with E-state index in [1.54, 1.807) is 0 Å². The van der Waals surface area contributed by atoms with E-state index in [4.69, 9.17) is 5.73 Å². The lowest BCUT2D eigenvalue weighted by atomic mass is 9.81. The molecule has 2 aromatic carbocycles. The second-order valence-corrected chi connectivity index (χ2v) is 5.40. The van der Waals surface area contributed by atoms with Gasteiger partial charge >= 0.3 is 0 Å². The van der Waals surface area contributed by atoms with E-state index in [2.05, 4.69) is 19.1 Å². The van der Waals surface area contributed by atoms with Crippen LogP contribution in [0.15, 0.2) is 54.6 Å². The van der Waals surface area contributed by atoms with Crippen molar-refractivity contribution in [1.29, 1.82) is 0 Å². The molecule has 0 saturated heterocycles. The number of carbonyl (C=O) groups is 1. The minimum absolute atomic E-state index is 0.177. The van der Waals surface area contributed by atoms with E-state index in [1.807, 2.05) is 49.4 Å². The quantitative estimate of drug-likeness (QED) is 0.886. The van der Waals surface area contributed by atoms with Crippen molar-refractivity contribution in [2.45, 2.75) is 26.2 Å². The standard InChI is InChI=1S/C18H21NO/c1-13-8-6-7-11-16(13)17(18(19)20)14(2)12-15-9-4-3-5-10-15/h3-11,14,17H,12H2,1-2H3,(H2,19,20). The van der Waals surface area contributed by atoms with Crippen molar-refractivity contribution in [1.82, 2.24) is 0 Å². The predicted octanol–water partition coefficient (Wildman–Crippen LogP) is 3.44. The van der Waals surface area contributed by atoms with Gasteiger partial charge in [-0.15, -0.1) is 0 Å². The van der Waals surface area contributed by atoms with E-state index in [0.29, 0.717) is 0 Å². The van der Waals surface area contributed by atoms with Gasteiger partial charge in [0.05, 0.1) is 5.92 Å². The topological polar surface area (TPSA) is 43.1 Å². The van der Waals surface area contributed by atoms with Crippen molar-refractivity contribution < 1.29 is 4.79 Å². The number of nitrogens with two attached hydrogens (primary N) is 1. The van der Waals surface area contributed by atoms with Gasteiger partial charge in [-0.05, 0) is 36.0 Å². The van der Waals surface area contributed by atoms with Gasteiger partial charge in [0.1, 0.15) is 0 Å². The van der Waals surface area contributed by atoms with Crippen LogP contribution in [0.5, 0.6) is 0 Å². The van der Waals surface area contributed by atoms with Crippen LogP contribution in [0.4, 0.5) is 0 Å². The summed E-state index contributed by atoms with van der Waals surface area (Å²) in [6.45, 7) is 4.12. The molecule has 0 fully saturated rings. The maximum atomic E-state index is 11.9. The van der Waals surface area contributed by atoms with Crippen molar-refractivity contribution in [3.05, 3.63) is 71.3 Å². The average molecular weight is 267 g/mol. The molecule has 1 amide bonds. The molecule has 20 heavy (non-hydrogen) atoms. The largest absolute Gasteiger partial charge is 0.369 e. The molecule has 0 bridgehead atoms. The maximum absolute atomic E-state index is 11.9. The normalized spacial score (nSPS) is 13.7. The molecule has 2 atom stereocenters. The number of primary amides is 1. The van der Waals surface area contributed by atoms with E-state index in [0.717, 1.165) is 17.5 Å². The number of carbonyl (C=O) groups excluding carboxylic acids is 1. The third kappa shape index (κ3) is 3.27. The summed E-state index contributed by atoms with van der Waals surface area (Å²) in [5.41, 5.74) is 9.06. The SMILES string of the molecule is Cc1ccccc1C(C(N)=O)C(C)Cc1ccccc1. The lowest BCUT2D eigenvalue weighted by Crippen LogP contribution is -2.28. The van der Waals surface area contributed by atoms with E-state index < -0.39 is 0 Å². The lowest BCUT2D eigenvalue weighted by Gasteiger charge is -2.23. The molecular weight excluding hydrogens is 246 g/mol. The Morgan fingerprint density at radius 3 is 2.25 bits per heavy atom. The zero-order chi connectivity index (χ0) is 14.5. The molecule has 0 radical (unpaired) electrons. The lowest BCUT2D eigenvalue weighted by molar-refractivity contribution is -0.120. The molecule has 0 aliphatic rings. The Morgan fingerprint density at radius 1 is 1.05 bits per heavy atom. The Kier molecular flexibility index (Phi) is 4.57. The highest BCUT2D eigenvalue weighted by Crippen LogP contribution is 2.29. The predicted molar refractivity (Wildman–Crippen MR) is 82.4 cm³/mol. The second kappa shape index (κ2) is 6.38. The number of amides is 1. The highest BCUT2D eigenvalue weighted by Gasteiger charge is 2.26. The van der Waals surface area contributed by atoms with Gasteiger partial charge in [-0.2, -0.15) is 0 Å². The summed E-state index contributed by atoms with van der Waals surface area (Å²) >= 11 is 0. The smallest absolute Gasteiger partial charge is 0.225 e. The summed E-state index contributed by atoms with van der Waals surface area (Å²) in [6.07, 6.45) is 0.850. The van der Waals surface area contributed by atoms with Gasteiger partial charge < -0.3 is 5.73 Å². The summed E-state index contributed by atoms with van der Waals surface area (Å²) in [5.74, 6) is -0.310. The first-order valence-corrected chi connectivity index (χ1v) is 6.98. The molecule has 0 aliphatic heterocycles. The molecular formula is C18H21NO. The van der Waals surface area contributed by atoms with Crippen LogP contribution in [0.1, 0.15) is 29.5 Å². The fourth-order valence-electron chi connectivity index (χ4n) is 2.78. The highest BCUT2D eigenvalue weighted by atomic mass is 16.1. The van der Waals surface area contributed by atoms with E-state index in [1.165, 1.54) is 5.56 Å². The Bertz CT molecular complexity index is 577. The van der Waals surface area contributed by atoms with E-state index >= 15 is 0 Å². The Balaban J connectivity index is 2.25. The molecule has 2 nitrogen and oxygen atoms in total. The van der Waals surface area contributed by atoms with Crippen molar-refractivity contribution in [2.75, 3.05) is 0 Å². The fraction of sp³-hybridized carbons (Fsp3) is 0.278. The van der Waals surface area contributed by atoms with Crippen LogP contribution in [0, 0.1) is 12.8 Å². The van der Waals surface area contributed by atoms with Crippen LogP contribution in [0.3, 0.4) is 0 Å². The van der Waals surface area contributed by atoms with Crippen LogP contribution in [-0.2, 0) is 11.2 Å². The van der Waals surface area contributed by atoms with Crippen molar-refractivity contribution in [2.24, 2.45) is 11.7 Å². The summed E-state index contributed by atoms with van der Waals surface area (Å²) in [4.78, 5) is 11.9. The fourth-order valence-corrected chi connectivity index (χ4v) is 2.78. The molecule has 0 heterocycles. The number of aryl methyl sites for hydroxylation is 1. The Labute approximate surface area is 120 Å². The third-order valence-electron chi connectivity index (χ3n) is 3.80. The van der Waals surface area contributed by atoms with Gasteiger partial charge in [0, 0.05) is 0 Å². The zero-order valence-electron chi connectivity index (χ0n) is 12.0. The summed E-state index contributed by atoms with van der Waals surface area (Å²) in [5, 5.41) is 0. The molecule has 2 heteroatoms.